The molecule has 3 nitrogen and oxygen atoms in total. The minimum Gasteiger partial charge on any atom is -0.454 e. The Morgan fingerprint density at radius 3 is 2.74 bits per heavy atom. The number of carbonyl (C=O) groups excluding carboxylic acids is 1. The van der Waals surface area contributed by atoms with E-state index in [0.29, 0.717) is 27.6 Å². The van der Waals surface area contributed by atoms with Crippen molar-refractivity contribution in [1.29, 1.82) is 0 Å². The van der Waals surface area contributed by atoms with Crippen LogP contribution in [0.15, 0.2) is 36.4 Å². The first-order valence-electron chi connectivity index (χ1n) is 5.85. The van der Waals surface area contributed by atoms with Crippen LogP contribution in [0.25, 0.3) is 0 Å². The van der Waals surface area contributed by atoms with Gasteiger partial charge in [-0.3, -0.25) is 4.79 Å². The first-order valence-corrected chi connectivity index (χ1v) is 6.23. The number of rotatable bonds is 2. The van der Waals surface area contributed by atoms with Gasteiger partial charge >= 0.3 is 0 Å². The molecule has 0 unspecified atom stereocenters. The van der Waals surface area contributed by atoms with Gasteiger partial charge in [-0.15, -0.1) is 0 Å². The van der Waals surface area contributed by atoms with Crippen molar-refractivity contribution in [2.75, 3.05) is 6.79 Å². The van der Waals surface area contributed by atoms with E-state index in [9.17, 15) is 4.79 Å². The van der Waals surface area contributed by atoms with Gasteiger partial charge in [-0.2, -0.15) is 0 Å². The largest absolute Gasteiger partial charge is 0.454 e. The van der Waals surface area contributed by atoms with Gasteiger partial charge in [0.2, 0.25) is 6.79 Å². The topological polar surface area (TPSA) is 35.5 Å². The molecule has 0 fully saturated rings. The molecule has 0 bridgehead atoms. The Hall–Kier alpha value is -2.00. The lowest BCUT2D eigenvalue weighted by Gasteiger charge is -2.06. The molecule has 0 aliphatic carbocycles. The minimum absolute atomic E-state index is 0.0710. The van der Waals surface area contributed by atoms with Crippen LogP contribution < -0.4 is 9.47 Å². The molecule has 2 aromatic rings. The Balaban J connectivity index is 2.02. The summed E-state index contributed by atoms with van der Waals surface area (Å²) in [7, 11) is 0. The number of carbonyl (C=O) groups is 1. The summed E-state index contributed by atoms with van der Waals surface area (Å²) in [6.07, 6.45) is 0. The molecule has 96 valence electrons. The van der Waals surface area contributed by atoms with Crippen molar-refractivity contribution >= 4 is 17.4 Å². The monoisotopic (exact) mass is 274 g/mol. The highest BCUT2D eigenvalue weighted by atomic mass is 35.5. The van der Waals surface area contributed by atoms with Gasteiger partial charge in [-0.1, -0.05) is 17.7 Å². The molecule has 4 heteroatoms. The maximum absolute atomic E-state index is 12.5. The first-order chi connectivity index (χ1) is 9.15. The van der Waals surface area contributed by atoms with Crippen LogP contribution in [0.3, 0.4) is 0 Å². The maximum Gasteiger partial charge on any atom is 0.231 e. The maximum atomic E-state index is 12.5. The lowest BCUT2D eigenvalue weighted by Crippen LogP contribution is -2.03. The van der Waals surface area contributed by atoms with E-state index in [2.05, 4.69) is 0 Å². The molecule has 0 N–H and O–H groups in total. The lowest BCUT2D eigenvalue weighted by molar-refractivity contribution is 0.103. The van der Waals surface area contributed by atoms with E-state index in [1.807, 2.05) is 13.0 Å². The van der Waals surface area contributed by atoms with Gasteiger partial charge in [0.05, 0.1) is 0 Å². The molecule has 0 aromatic heterocycles. The summed E-state index contributed by atoms with van der Waals surface area (Å²) in [6.45, 7) is 2.08. The highest BCUT2D eigenvalue weighted by molar-refractivity contribution is 6.31. The smallest absolute Gasteiger partial charge is 0.231 e. The zero-order valence-corrected chi connectivity index (χ0v) is 11.0. The number of ketones is 1. The zero-order chi connectivity index (χ0) is 13.4. The molecule has 0 radical (unpaired) electrons. The van der Waals surface area contributed by atoms with E-state index >= 15 is 0 Å². The van der Waals surface area contributed by atoms with Crippen molar-refractivity contribution in [3.8, 4) is 11.5 Å². The fourth-order valence-corrected chi connectivity index (χ4v) is 2.20. The molecular formula is C15H11ClO3. The summed E-state index contributed by atoms with van der Waals surface area (Å²) in [5.41, 5.74) is 2.06. The van der Waals surface area contributed by atoms with Crippen molar-refractivity contribution in [2.45, 2.75) is 6.92 Å². The van der Waals surface area contributed by atoms with Gasteiger partial charge in [-0.25, -0.2) is 0 Å². The van der Waals surface area contributed by atoms with Crippen LogP contribution in [0.5, 0.6) is 11.5 Å². The third-order valence-electron chi connectivity index (χ3n) is 3.08. The first kappa shape index (κ1) is 12.1. The number of ether oxygens (including phenoxy) is 2. The molecule has 2 aromatic carbocycles. The molecule has 1 aliphatic rings. The van der Waals surface area contributed by atoms with Gasteiger partial charge in [0.15, 0.2) is 17.3 Å². The standard InChI is InChI=1S/C15H11ClO3/c1-9-2-4-11(16)7-12(9)15(17)10-3-5-13-14(6-10)19-8-18-13/h2-7H,8H2,1H3. The van der Waals surface area contributed by atoms with Crippen LogP contribution in [0.2, 0.25) is 5.02 Å². The SMILES string of the molecule is Cc1ccc(Cl)cc1C(=O)c1ccc2c(c1)OCO2. The van der Waals surface area contributed by atoms with Gasteiger partial charge < -0.3 is 9.47 Å². The van der Waals surface area contributed by atoms with Crippen LogP contribution in [-0.4, -0.2) is 12.6 Å². The highest BCUT2D eigenvalue weighted by Gasteiger charge is 2.18. The zero-order valence-electron chi connectivity index (χ0n) is 10.3. The Morgan fingerprint density at radius 2 is 1.89 bits per heavy atom. The van der Waals surface area contributed by atoms with Gasteiger partial charge in [-0.05, 0) is 42.8 Å². The molecule has 1 aliphatic heterocycles. The number of benzene rings is 2. The van der Waals surface area contributed by atoms with Crippen LogP contribution in [0, 0.1) is 6.92 Å². The number of fused-ring (bicyclic) bond motifs is 1. The fourth-order valence-electron chi connectivity index (χ4n) is 2.03. The Labute approximate surface area is 115 Å². The van der Waals surface area contributed by atoms with E-state index < -0.39 is 0 Å². The van der Waals surface area contributed by atoms with Crippen molar-refractivity contribution < 1.29 is 14.3 Å². The summed E-state index contributed by atoms with van der Waals surface area (Å²) in [6, 6.07) is 10.5. The van der Waals surface area contributed by atoms with Crippen LogP contribution in [0.1, 0.15) is 21.5 Å². The summed E-state index contributed by atoms with van der Waals surface area (Å²) in [5, 5.41) is 0.551. The Kier molecular flexibility index (Phi) is 2.91. The fraction of sp³-hybridized carbons (Fsp3) is 0.133. The van der Waals surface area contributed by atoms with E-state index in [4.69, 9.17) is 21.1 Å². The minimum atomic E-state index is -0.0710. The van der Waals surface area contributed by atoms with Crippen LogP contribution in [-0.2, 0) is 0 Å². The van der Waals surface area contributed by atoms with E-state index in [1.165, 1.54) is 0 Å². The molecule has 0 atom stereocenters. The number of aryl methyl sites for hydroxylation is 1. The summed E-state index contributed by atoms with van der Waals surface area (Å²) >= 11 is 5.95. The van der Waals surface area contributed by atoms with E-state index in [1.54, 1.807) is 30.3 Å². The normalized spacial score (nSPS) is 12.5. The van der Waals surface area contributed by atoms with Gasteiger partial charge in [0.1, 0.15) is 0 Å². The highest BCUT2D eigenvalue weighted by Crippen LogP contribution is 2.33. The third-order valence-corrected chi connectivity index (χ3v) is 3.31. The molecule has 0 spiro atoms. The molecular weight excluding hydrogens is 264 g/mol. The van der Waals surface area contributed by atoms with Crippen molar-refractivity contribution in [2.24, 2.45) is 0 Å². The Bertz CT molecular complexity index is 664. The number of halogens is 1. The van der Waals surface area contributed by atoms with E-state index in [-0.39, 0.29) is 12.6 Å². The summed E-state index contributed by atoms with van der Waals surface area (Å²) in [4.78, 5) is 12.5. The molecule has 0 amide bonds. The second kappa shape index (κ2) is 4.59. The van der Waals surface area contributed by atoms with Gasteiger partial charge in [0.25, 0.3) is 0 Å². The van der Waals surface area contributed by atoms with Crippen molar-refractivity contribution in [3.63, 3.8) is 0 Å². The summed E-state index contributed by atoms with van der Waals surface area (Å²) in [5.74, 6) is 1.20. The molecule has 0 saturated carbocycles. The van der Waals surface area contributed by atoms with E-state index in [0.717, 1.165) is 5.56 Å². The van der Waals surface area contributed by atoms with Gasteiger partial charge in [0, 0.05) is 16.1 Å². The Morgan fingerprint density at radius 1 is 1.11 bits per heavy atom. The molecule has 1 heterocycles. The van der Waals surface area contributed by atoms with Crippen LogP contribution >= 0.6 is 11.6 Å². The van der Waals surface area contributed by atoms with Crippen LogP contribution in [0.4, 0.5) is 0 Å². The summed E-state index contributed by atoms with van der Waals surface area (Å²) < 4.78 is 10.5. The van der Waals surface area contributed by atoms with Crippen molar-refractivity contribution in [1.82, 2.24) is 0 Å². The predicted octanol–water partition coefficient (Wildman–Crippen LogP) is 3.61. The lowest BCUT2D eigenvalue weighted by atomic mass is 9.99. The average Bonchev–Trinajstić information content (AvgIpc) is 2.88. The molecule has 3 rings (SSSR count). The number of hydrogen-bond donors (Lipinski definition) is 0. The quantitative estimate of drug-likeness (QED) is 0.785. The third kappa shape index (κ3) is 2.17. The second-order valence-corrected chi connectivity index (χ2v) is 4.79. The molecule has 19 heavy (non-hydrogen) atoms. The van der Waals surface area contributed by atoms with Crippen molar-refractivity contribution in [3.05, 3.63) is 58.1 Å². The average molecular weight is 275 g/mol. The second-order valence-electron chi connectivity index (χ2n) is 4.36. The molecule has 0 saturated heterocycles. The predicted molar refractivity (Wildman–Crippen MR) is 72.2 cm³/mol. The number of hydrogen-bond acceptors (Lipinski definition) is 3.